The van der Waals surface area contributed by atoms with Gasteiger partial charge in [0.2, 0.25) is 0 Å². The zero-order chi connectivity index (χ0) is 23.3. The van der Waals surface area contributed by atoms with E-state index in [1.165, 1.54) is 31.4 Å². The summed E-state index contributed by atoms with van der Waals surface area (Å²) >= 11 is 0. The van der Waals surface area contributed by atoms with Gasteiger partial charge in [0.25, 0.3) is 0 Å². The minimum atomic E-state index is -3.87. The average Bonchev–Trinajstić information content (AvgIpc) is 2.75. The Morgan fingerprint density at radius 2 is 1.56 bits per heavy atom. The van der Waals surface area contributed by atoms with Crippen molar-refractivity contribution in [2.24, 2.45) is 5.92 Å². The van der Waals surface area contributed by atoms with Crippen LogP contribution in [0.1, 0.15) is 68.9 Å². The molecule has 2 aromatic carbocycles. The highest BCUT2D eigenvalue weighted by Gasteiger charge is 2.35. The SMILES string of the molecule is CCCCC1CCC(c2ccc(C(F)(F)Oc3cc(F)c(OC(F)F)c(F)c3)cc2)CC1. The molecule has 1 fully saturated rings. The number of hydrogen-bond acceptors (Lipinski definition) is 2. The third-order valence-electron chi connectivity index (χ3n) is 5.96. The molecule has 2 aromatic rings. The van der Waals surface area contributed by atoms with Gasteiger partial charge in [0.1, 0.15) is 5.75 Å². The lowest BCUT2D eigenvalue weighted by Crippen LogP contribution is -2.22. The molecule has 3 rings (SSSR count). The fraction of sp³-hybridized carbons (Fsp3) is 0.500. The third kappa shape index (κ3) is 6.11. The summed E-state index contributed by atoms with van der Waals surface area (Å²) < 4.78 is 89.3. The van der Waals surface area contributed by atoms with Crippen LogP contribution >= 0.6 is 0 Å². The normalized spacial score (nSPS) is 19.2. The Morgan fingerprint density at radius 1 is 0.969 bits per heavy atom. The lowest BCUT2D eigenvalue weighted by Gasteiger charge is -2.29. The van der Waals surface area contributed by atoms with Crippen LogP contribution in [-0.2, 0) is 6.11 Å². The van der Waals surface area contributed by atoms with Crippen molar-refractivity contribution >= 4 is 0 Å². The fourth-order valence-corrected chi connectivity index (χ4v) is 4.23. The first kappa shape index (κ1) is 24.3. The van der Waals surface area contributed by atoms with E-state index >= 15 is 0 Å². The van der Waals surface area contributed by atoms with E-state index in [1.807, 2.05) is 0 Å². The molecule has 32 heavy (non-hydrogen) atoms. The maximum Gasteiger partial charge on any atom is 0.426 e. The van der Waals surface area contributed by atoms with E-state index in [0.29, 0.717) is 18.1 Å². The smallest absolute Gasteiger partial charge is 0.426 e. The first-order valence-corrected chi connectivity index (χ1v) is 10.8. The highest BCUT2D eigenvalue weighted by molar-refractivity contribution is 5.36. The largest absolute Gasteiger partial charge is 0.429 e. The topological polar surface area (TPSA) is 18.5 Å². The van der Waals surface area contributed by atoms with Crippen molar-refractivity contribution in [2.45, 2.75) is 70.5 Å². The molecule has 0 spiro atoms. The number of alkyl halides is 4. The summed E-state index contributed by atoms with van der Waals surface area (Å²) in [5.41, 5.74) is 0.496. The molecule has 1 saturated carbocycles. The van der Waals surface area contributed by atoms with Crippen LogP contribution in [0, 0.1) is 17.6 Å². The number of benzene rings is 2. The predicted molar refractivity (Wildman–Crippen MR) is 108 cm³/mol. The van der Waals surface area contributed by atoms with Crippen LogP contribution in [0.2, 0.25) is 0 Å². The molecule has 0 saturated heterocycles. The molecule has 0 aliphatic heterocycles. The molecule has 0 amide bonds. The maximum atomic E-state index is 14.5. The van der Waals surface area contributed by atoms with Crippen molar-refractivity contribution in [1.29, 1.82) is 0 Å². The van der Waals surface area contributed by atoms with Gasteiger partial charge in [0.15, 0.2) is 17.4 Å². The molecule has 0 aromatic heterocycles. The number of hydrogen-bond donors (Lipinski definition) is 0. The van der Waals surface area contributed by atoms with Crippen LogP contribution in [0.4, 0.5) is 26.3 Å². The average molecular weight is 460 g/mol. The van der Waals surface area contributed by atoms with Gasteiger partial charge in [-0.25, -0.2) is 8.78 Å². The molecule has 1 aliphatic rings. The van der Waals surface area contributed by atoms with Gasteiger partial charge in [0.05, 0.1) is 5.56 Å². The fourth-order valence-electron chi connectivity index (χ4n) is 4.23. The first-order valence-electron chi connectivity index (χ1n) is 10.8. The minimum Gasteiger partial charge on any atom is -0.429 e. The van der Waals surface area contributed by atoms with E-state index in [1.54, 1.807) is 12.1 Å². The Hall–Kier alpha value is -2.38. The number of rotatable bonds is 9. The van der Waals surface area contributed by atoms with Crippen LogP contribution in [0.5, 0.6) is 11.5 Å². The first-order chi connectivity index (χ1) is 15.2. The van der Waals surface area contributed by atoms with Crippen LogP contribution in [0.15, 0.2) is 36.4 Å². The van der Waals surface area contributed by atoms with Crippen LogP contribution in [0.3, 0.4) is 0 Å². The zero-order valence-corrected chi connectivity index (χ0v) is 17.7. The second-order valence-corrected chi connectivity index (χ2v) is 8.20. The summed E-state index contributed by atoms with van der Waals surface area (Å²) in [4.78, 5) is 0. The van der Waals surface area contributed by atoms with Crippen LogP contribution in [0.25, 0.3) is 0 Å². The summed E-state index contributed by atoms with van der Waals surface area (Å²) in [5, 5.41) is 0. The van der Waals surface area contributed by atoms with E-state index in [2.05, 4.69) is 16.4 Å². The van der Waals surface area contributed by atoms with Gasteiger partial charge in [0, 0.05) is 12.1 Å². The van der Waals surface area contributed by atoms with Crippen molar-refractivity contribution in [3.63, 3.8) is 0 Å². The van der Waals surface area contributed by atoms with Crippen LogP contribution < -0.4 is 9.47 Å². The molecule has 0 heterocycles. The summed E-state index contributed by atoms with van der Waals surface area (Å²) in [6.07, 6.45) is 4.09. The van der Waals surface area contributed by atoms with E-state index in [0.717, 1.165) is 37.2 Å². The Bertz CT molecular complexity index is 854. The number of unbranched alkanes of at least 4 members (excludes halogenated alkanes) is 1. The van der Waals surface area contributed by atoms with Gasteiger partial charge in [-0.15, -0.1) is 0 Å². The molecule has 2 nitrogen and oxygen atoms in total. The molecule has 0 bridgehead atoms. The third-order valence-corrected chi connectivity index (χ3v) is 5.96. The second-order valence-electron chi connectivity index (χ2n) is 8.20. The van der Waals surface area contributed by atoms with Crippen molar-refractivity contribution in [1.82, 2.24) is 0 Å². The second kappa shape index (κ2) is 10.5. The van der Waals surface area contributed by atoms with Gasteiger partial charge >= 0.3 is 12.7 Å². The minimum absolute atomic E-state index is 0.321. The standard InChI is InChI=1S/C24H26F6O2/c1-2-3-4-15-5-7-16(8-6-15)17-9-11-18(12-10-17)24(29,30)32-19-13-20(25)22(21(26)14-19)31-23(27)28/h9-16,23H,2-8H2,1H3. The summed E-state index contributed by atoms with van der Waals surface area (Å²) in [6.45, 7) is -1.28. The van der Waals surface area contributed by atoms with Gasteiger partial charge in [-0.2, -0.15) is 17.6 Å². The lowest BCUT2D eigenvalue weighted by molar-refractivity contribution is -0.185. The summed E-state index contributed by atoms with van der Waals surface area (Å²) in [6, 6.07) is 6.48. The van der Waals surface area contributed by atoms with Gasteiger partial charge < -0.3 is 9.47 Å². The van der Waals surface area contributed by atoms with Gasteiger partial charge in [-0.1, -0.05) is 38.3 Å². The monoisotopic (exact) mass is 460 g/mol. The highest BCUT2D eigenvalue weighted by Crippen LogP contribution is 2.39. The Labute approximate surface area is 183 Å². The quantitative estimate of drug-likeness (QED) is 0.352. The molecule has 176 valence electrons. The molecule has 1 aliphatic carbocycles. The van der Waals surface area contributed by atoms with Gasteiger partial charge in [-0.05, 0) is 55.2 Å². The van der Waals surface area contributed by atoms with Crippen molar-refractivity contribution in [2.75, 3.05) is 0 Å². The van der Waals surface area contributed by atoms with E-state index in [-0.39, 0.29) is 0 Å². The van der Waals surface area contributed by atoms with Crippen molar-refractivity contribution < 1.29 is 35.8 Å². The summed E-state index contributed by atoms with van der Waals surface area (Å²) in [7, 11) is 0. The zero-order valence-electron chi connectivity index (χ0n) is 17.7. The maximum absolute atomic E-state index is 14.5. The molecule has 8 heteroatoms. The Morgan fingerprint density at radius 3 is 2.09 bits per heavy atom. The molecular weight excluding hydrogens is 434 g/mol. The van der Waals surface area contributed by atoms with Crippen molar-refractivity contribution in [3.05, 3.63) is 59.2 Å². The van der Waals surface area contributed by atoms with Crippen LogP contribution in [-0.4, -0.2) is 6.61 Å². The lowest BCUT2D eigenvalue weighted by atomic mass is 9.77. The number of halogens is 6. The molecular formula is C24H26F6O2. The Balaban J connectivity index is 1.65. The van der Waals surface area contributed by atoms with E-state index in [4.69, 9.17) is 0 Å². The summed E-state index contributed by atoms with van der Waals surface area (Å²) in [5.74, 6) is -4.28. The van der Waals surface area contributed by atoms with E-state index < -0.39 is 41.4 Å². The molecule has 0 N–H and O–H groups in total. The number of ether oxygens (including phenoxy) is 2. The highest BCUT2D eigenvalue weighted by atomic mass is 19.3. The Kier molecular flexibility index (Phi) is 7.96. The molecule has 0 atom stereocenters. The molecule has 0 radical (unpaired) electrons. The van der Waals surface area contributed by atoms with E-state index in [9.17, 15) is 26.3 Å². The predicted octanol–water partition coefficient (Wildman–Crippen LogP) is 8.16. The molecule has 0 unspecified atom stereocenters. The van der Waals surface area contributed by atoms with Crippen molar-refractivity contribution in [3.8, 4) is 11.5 Å². The van der Waals surface area contributed by atoms with Gasteiger partial charge in [-0.3, -0.25) is 0 Å².